The van der Waals surface area contributed by atoms with Crippen molar-refractivity contribution < 1.29 is 9.53 Å². The molecule has 0 saturated carbocycles. The van der Waals surface area contributed by atoms with E-state index in [2.05, 4.69) is 45.1 Å². The maximum absolute atomic E-state index is 11.4. The predicted molar refractivity (Wildman–Crippen MR) is 80.3 cm³/mol. The average molecular weight is 326 g/mol. The molecule has 0 aromatic heterocycles. The van der Waals surface area contributed by atoms with Crippen molar-refractivity contribution in [2.24, 2.45) is 11.8 Å². The quantitative estimate of drug-likeness (QED) is 0.794. The summed E-state index contributed by atoms with van der Waals surface area (Å²) in [7, 11) is 1.46. The number of carbonyl (C=O) groups is 1. The average Bonchev–Trinajstić information content (AvgIpc) is 2.87. The van der Waals surface area contributed by atoms with E-state index in [1.807, 2.05) is 6.92 Å². The van der Waals surface area contributed by atoms with E-state index < -0.39 is 0 Å². The second kappa shape index (κ2) is 6.42. The Balaban J connectivity index is 1.89. The van der Waals surface area contributed by atoms with E-state index in [9.17, 15) is 4.79 Å². The van der Waals surface area contributed by atoms with Crippen LogP contribution in [0.1, 0.15) is 19.8 Å². The lowest BCUT2D eigenvalue weighted by Gasteiger charge is -2.19. The Kier molecular flexibility index (Phi) is 4.86. The molecule has 0 amide bonds. The van der Waals surface area contributed by atoms with Crippen molar-refractivity contribution in [3.63, 3.8) is 0 Å². The van der Waals surface area contributed by atoms with Crippen LogP contribution in [0.3, 0.4) is 0 Å². The molecule has 2 unspecified atom stereocenters. The van der Waals surface area contributed by atoms with Crippen molar-refractivity contribution >= 4 is 27.6 Å². The largest absolute Gasteiger partial charge is 0.469 e. The van der Waals surface area contributed by atoms with Crippen LogP contribution in [0.15, 0.2) is 28.7 Å². The zero-order chi connectivity index (χ0) is 13.8. The standard InChI is InChI=1S/C15H20BrNO2/c1-11(15(18)19-2)9-12-7-8-17(10-12)14-5-3-13(16)4-6-14/h3-6,11-12H,7-10H2,1-2H3. The Morgan fingerprint density at radius 1 is 1.47 bits per heavy atom. The van der Waals surface area contributed by atoms with Gasteiger partial charge in [-0.05, 0) is 43.0 Å². The van der Waals surface area contributed by atoms with E-state index in [0.717, 1.165) is 30.4 Å². The lowest BCUT2D eigenvalue weighted by Crippen LogP contribution is -2.22. The maximum Gasteiger partial charge on any atom is 0.308 e. The van der Waals surface area contributed by atoms with Crippen molar-refractivity contribution in [1.82, 2.24) is 0 Å². The summed E-state index contributed by atoms with van der Waals surface area (Å²) in [6, 6.07) is 8.41. The molecule has 1 aromatic carbocycles. The summed E-state index contributed by atoms with van der Waals surface area (Å²) < 4.78 is 5.89. The summed E-state index contributed by atoms with van der Waals surface area (Å²) in [5.41, 5.74) is 1.26. The number of rotatable bonds is 4. The number of esters is 1. The Bertz CT molecular complexity index is 432. The van der Waals surface area contributed by atoms with Crippen LogP contribution in [0.2, 0.25) is 0 Å². The lowest BCUT2D eigenvalue weighted by molar-refractivity contribution is -0.145. The van der Waals surface area contributed by atoms with Crippen LogP contribution < -0.4 is 4.90 Å². The normalized spacial score (nSPS) is 20.4. The van der Waals surface area contributed by atoms with Crippen molar-refractivity contribution in [3.05, 3.63) is 28.7 Å². The summed E-state index contributed by atoms with van der Waals surface area (Å²) in [6.07, 6.45) is 2.07. The fourth-order valence-electron chi connectivity index (χ4n) is 2.71. The molecule has 0 radical (unpaired) electrons. The van der Waals surface area contributed by atoms with Gasteiger partial charge in [0, 0.05) is 23.2 Å². The summed E-state index contributed by atoms with van der Waals surface area (Å²) in [5, 5.41) is 0. The molecule has 0 bridgehead atoms. The molecule has 2 atom stereocenters. The fraction of sp³-hybridized carbons (Fsp3) is 0.533. The van der Waals surface area contributed by atoms with Gasteiger partial charge in [0.15, 0.2) is 0 Å². The Labute approximate surface area is 123 Å². The molecule has 1 aliphatic heterocycles. The highest BCUT2D eigenvalue weighted by molar-refractivity contribution is 9.10. The van der Waals surface area contributed by atoms with Crippen LogP contribution in [-0.4, -0.2) is 26.2 Å². The van der Waals surface area contributed by atoms with Gasteiger partial charge in [-0.1, -0.05) is 22.9 Å². The number of halogens is 1. The van der Waals surface area contributed by atoms with Crippen LogP contribution in [0.25, 0.3) is 0 Å². The Hall–Kier alpha value is -1.03. The molecule has 19 heavy (non-hydrogen) atoms. The highest BCUT2D eigenvalue weighted by Gasteiger charge is 2.26. The molecule has 0 N–H and O–H groups in total. The SMILES string of the molecule is COC(=O)C(C)CC1CCN(c2ccc(Br)cc2)C1. The first-order chi connectivity index (χ1) is 9.10. The zero-order valence-electron chi connectivity index (χ0n) is 11.4. The Morgan fingerprint density at radius 3 is 2.79 bits per heavy atom. The van der Waals surface area contributed by atoms with E-state index in [1.165, 1.54) is 12.8 Å². The number of hydrogen-bond acceptors (Lipinski definition) is 3. The van der Waals surface area contributed by atoms with Gasteiger partial charge in [-0.2, -0.15) is 0 Å². The third kappa shape index (κ3) is 3.72. The number of ether oxygens (including phenoxy) is 1. The first-order valence-electron chi connectivity index (χ1n) is 6.68. The Morgan fingerprint density at radius 2 is 2.16 bits per heavy atom. The van der Waals surface area contributed by atoms with Crippen molar-refractivity contribution in [1.29, 1.82) is 0 Å². The number of carbonyl (C=O) groups excluding carboxylic acids is 1. The van der Waals surface area contributed by atoms with Crippen molar-refractivity contribution in [2.75, 3.05) is 25.1 Å². The van der Waals surface area contributed by atoms with Crippen LogP contribution >= 0.6 is 15.9 Å². The molecule has 3 nitrogen and oxygen atoms in total. The lowest BCUT2D eigenvalue weighted by atomic mass is 9.95. The van der Waals surface area contributed by atoms with Crippen molar-refractivity contribution in [2.45, 2.75) is 19.8 Å². The molecular weight excluding hydrogens is 306 g/mol. The van der Waals surface area contributed by atoms with E-state index in [-0.39, 0.29) is 11.9 Å². The van der Waals surface area contributed by atoms with Gasteiger partial charge in [0.25, 0.3) is 0 Å². The van der Waals surface area contributed by atoms with Gasteiger partial charge in [-0.15, -0.1) is 0 Å². The van der Waals surface area contributed by atoms with Gasteiger partial charge in [0.2, 0.25) is 0 Å². The second-order valence-corrected chi connectivity index (χ2v) is 6.15. The third-order valence-electron chi connectivity index (χ3n) is 3.77. The number of methoxy groups -OCH3 is 1. The summed E-state index contributed by atoms with van der Waals surface area (Å²) in [6.45, 7) is 4.05. The number of anilines is 1. The van der Waals surface area contributed by atoms with E-state index in [4.69, 9.17) is 4.74 Å². The van der Waals surface area contributed by atoms with Gasteiger partial charge in [0.05, 0.1) is 13.0 Å². The third-order valence-corrected chi connectivity index (χ3v) is 4.30. The summed E-state index contributed by atoms with van der Waals surface area (Å²) >= 11 is 3.45. The van der Waals surface area contributed by atoms with E-state index >= 15 is 0 Å². The molecule has 1 aliphatic rings. The van der Waals surface area contributed by atoms with E-state index in [0.29, 0.717) is 5.92 Å². The van der Waals surface area contributed by atoms with Gasteiger partial charge in [-0.25, -0.2) is 0 Å². The van der Waals surface area contributed by atoms with Crippen molar-refractivity contribution in [3.8, 4) is 0 Å². The zero-order valence-corrected chi connectivity index (χ0v) is 13.0. The van der Waals surface area contributed by atoms with Crippen LogP contribution in [0, 0.1) is 11.8 Å². The molecule has 1 fully saturated rings. The first kappa shape index (κ1) is 14.4. The summed E-state index contributed by atoms with van der Waals surface area (Å²) in [4.78, 5) is 13.8. The topological polar surface area (TPSA) is 29.5 Å². The molecule has 1 heterocycles. The van der Waals surface area contributed by atoms with Gasteiger partial charge in [0.1, 0.15) is 0 Å². The summed E-state index contributed by atoms with van der Waals surface area (Å²) in [5.74, 6) is 0.486. The van der Waals surface area contributed by atoms with Crippen LogP contribution in [0.5, 0.6) is 0 Å². The molecular formula is C15H20BrNO2. The fourth-order valence-corrected chi connectivity index (χ4v) is 2.97. The number of nitrogens with zero attached hydrogens (tertiary/aromatic N) is 1. The monoisotopic (exact) mass is 325 g/mol. The maximum atomic E-state index is 11.4. The molecule has 0 spiro atoms. The molecule has 0 aliphatic carbocycles. The molecule has 1 aromatic rings. The smallest absolute Gasteiger partial charge is 0.308 e. The number of benzene rings is 1. The highest BCUT2D eigenvalue weighted by atomic mass is 79.9. The van der Waals surface area contributed by atoms with Crippen LogP contribution in [0.4, 0.5) is 5.69 Å². The number of hydrogen-bond donors (Lipinski definition) is 0. The molecule has 2 rings (SSSR count). The molecule has 4 heteroatoms. The minimum absolute atomic E-state index is 0.000122. The van der Waals surface area contributed by atoms with Crippen LogP contribution in [-0.2, 0) is 9.53 Å². The minimum Gasteiger partial charge on any atom is -0.469 e. The van der Waals surface area contributed by atoms with Gasteiger partial charge >= 0.3 is 5.97 Å². The molecule has 1 saturated heterocycles. The van der Waals surface area contributed by atoms with Gasteiger partial charge < -0.3 is 9.64 Å². The minimum atomic E-state index is -0.0953. The molecule has 104 valence electrons. The predicted octanol–water partition coefficient (Wildman–Crippen LogP) is 3.47. The highest BCUT2D eigenvalue weighted by Crippen LogP contribution is 2.28. The van der Waals surface area contributed by atoms with E-state index in [1.54, 1.807) is 0 Å². The van der Waals surface area contributed by atoms with Gasteiger partial charge in [-0.3, -0.25) is 4.79 Å². The first-order valence-corrected chi connectivity index (χ1v) is 7.47. The second-order valence-electron chi connectivity index (χ2n) is 5.24.